The fourth-order valence-corrected chi connectivity index (χ4v) is 1.21. The highest BCUT2D eigenvalue weighted by atomic mass is 16.3. The second-order valence-electron chi connectivity index (χ2n) is 4.23. The molecule has 5 heteroatoms. The van der Waals surface area contributed by atoms with Gasteiger partial charge in [0.15, 0.2) is 0 Å². The van der Waals surface area contributed by atoms with Crippen LogP contribution in [0.1, 0.15) is 19.6 Å². The number of furan rings is 1. The summed E-state index contributed by atoms with van der Waals surface area (Å²) in [5.41, 5.74) is 0.0576. The molecule has 0 aliphatic rings. The first-order valence-electron chi connectivity index (χ1n) is 5.77. The number of rotatable bonds is 6. The predicted octanol–water partition coefficient (Wildman–Crippen LogP) is 1.55. The van der Waals surface area contributed by atoms with E-state index in [1.165, 1.54) is 6.20 Å². The summed E-state index contributed by atoms with van der Waals surface area (Å²) in [5, 5.41) is 14.4. The molecule has 0 bridgehead atoms. The molecule has 0 aliphatic heterocycles. The van der Waals surface area contributed by atoms with Crippen molar-refractivity contribution in [2.45, 2.75) is 20.4 Å². The Morgan fingerprint density at radius 3 is 2.94 bits per heavy atom. The molecule has 0 radical (unpaired) electrons. The maximum Gasteiger partial charge on any atom is 0.263 e. The van der Waals surface area contributed by atoms with E-state index in [1.54, 1.807) is 12.3 Å². The number of carbonyl (C=O) groups excluding carboxylic acids is 1. The fraction of sp³-hybridized carbons (Fsp3) is 0.385. The Labute approximate surface area is 106 Å². The van der Waals surface area contributed by atoms with Crippen molar-refractivity contribution < 1.29 is 9.21 Å². The first kappa shape index (κ1) is 13.8. The second kappa shape index (κ2) is 7.17. The summed E-state index contributed by atoms with van der Waals surface area (Å²) in [4.78, 5) is 11.6. The largest absolute Gasteiger partial charge is 0.467 e. The molecule has 0 spiro atoms. The first-order chi connectivity index (χ1) is 8.63. The Balaban J connectivity index is 2.44. The van der Waals surface area contributed by atoms with E-state index in [4.69, 9.17) is 9.68 Å². The monoisotopic (exact) mass is 247 g/mol. The molecule has 0 aliphatic carbocycles. The second-order valence-corrected chi connectivity index (χ2v) is 4.23. The Bertz CT molecular complexity index is 441. The van der Waals surface area contributed by atoms with E-state index in [-0.39, 0.29) is 11.5 Å². The topological polar surface area (TPSA) is 78.1 Å². The molecule has 1 aromatic rings. The molecule has 0 saturated heterocycles. The number of hydrogen-bond donors (Lipinski definition) is 2. The zero-order chi connectivity index (χ0) is 13.4. The molecule has 0 aromatic carbocycles. The van der Waals surface area contributed by atoms with Gasteiger partial charge in [0.2, 0.25) is 0 Å². The van der Waals surface area contributed by atoms with E-state index >= 15 is 0 Å². The Morgan fingerprint density at radius 2 is 2.39 bits per heavy atom. The van der Waals surface area contributed by atoms with Gasteiger partial charge in [-0.3, -0.25) is 4.79 Å². The van der Waals surface area contributed by atoms with Gasteiger partial charge in [0.25, 0.3) is 5.91 Å². The molecular weight excluding hydrogens is 230 g/mol. The van der Waals surface area contributed by atoms with Crippen LogP contribution in [0.3, 0.4) is 0 Å². The van der Waals surface area contributed by atoms with Crippen LogP contribution < -0.4 is 10.6 Å². The maximum atomic E-state index is 11.6. The van der Waals surface area contributed by atoms with Crippen molar-refractivity contribution in [1.29, 1.82) is 5.26 Å². The summed E-state index contributed by atoms with van der Waals surface area (Å²) >= 11 is 0. The van der Waals surface area contributed by atoms with Crippen molar-refractivity contribution in [1.82, 2.24) is 10.6 Å². The van der Waals surface area contributed by atoms with Gasteiger partial charge in [-0.1, -0.05) is 13.8 Å². The first-order valence-corrected chi connectivity index (χ1v) is 5.77. The fourth-order valence-electron chi connectivity index (χ4n) is 1.21. The third-order valence-corrected chi connectivity index (χ3v) is 2.14. The molecule has 1 heterocycles. The average Bonchev–Trinajstić information content (AvgIpc) is 2.84. The molecule has 0 atom stereocenters. The van der Waals surface area contributed by atoms with Gasteiger partial charge in [0.1, 0.15) is 17.4 Å². The van der Waals surface area contributed by atoms with Gasteiger partial charge < -0.3 is 15.1 Å². The lowest BCUT2D eigenvalue weighted by Gasteiger charge is -2.06. The standard InChI is InChI=1S/C13H17N3O2/c1-10(2)7-16-13(17)11(6-14)8-15-9-12-4-3-5-18-12/h3-5,8,10,15H,7,9H2,1-2H3,(H,16,17)/b11-8-. The third kappa shape index (κ3) is 4.74. The van der Waals surface area contributed by atoms with Crippen molar-refractivity contribution in [2.75, 3.05) is 6.54 Å². The van der Waals surface area contributed by atoms with E-state index in [1.807, 2.05) is 26.0 Å². The molecule has 0 fully saturated rings. The van der Waals surface area contributed by atoms with Gasteiger partial charge >= 0.3 is 0 Å². The Morgan fingerprint density at radius 1 is 1.61 bits per heavy atom. The smallest absolute Gasteiger partial charge is 0.263 e. The molecule has 5 nitrogen and oxygen atoms in total. The number of hydrogen-bond acceptors (Lipinski definition) is 4. The van der Waals surface area contributed by atoms with Crippen molar-refractivity contribution in [2.24, 2.45) is 5.92 Å². The van der Waals surface area contributed by atoms with Gasteiger partial charge in [-0.15, -0.1) is 0 Å². The summed E-state index contributed by atoms with van der Waals surface area (Å²) in [6.07, 6.45) is 2.97. The average molecular weight is 247 g/mol. The minimum Gasteiger partial charge on any atom is -0.467 e. The minimum absolute atomic E-state index is 0.0576. The van der Waals surface area contributed by atoms with Crippen molar-refractivity contribution in [3.8, 4) is 6.07 Å². The normalized spacial score (nSPS) is 11.1. The number of amides is 1. The lowest BCUT2D eigenvalue weighted by atomic mass is 10.2. The highest BCUT2D eigenvalue weighted by Gasteiger charge is 2.08. The van der Waals surface area contributed by atoms with E-state index in [0.717, 1.165) is 5.76 Å². The predicted molar refractivity (Wildman–Crippen MR) is 67.1 cm³/mol. The van der Waals surface area contributed by atoms with E-state index in [2.05, 4.69) is 10.6 Å². The molecule has 0 saturated carbocycles. The quantitative estimate of drug-likeness (QED) is 0.590. The van der Waals surface area contributed by atoms with Gasteiger partial charge in [-0.25, -0.2) is 0 Å². The number of nitriles is 1. The van der Waals surface area contributed by atoms with E-state index in [9.17, 15) is 4.79 Å². The minimum atomic E-state index is -0.363. The zero-order valence-electron chi connectivity index (χ0n) is 10.6. The number of nitrogens with zero attached hydrogens (tertiary/aromatic N) is 1. The Hall–Kier alpha value is -2.22. The van der Waals surface area contributed by atoms with Gasteiger partial charge in [0, 0.05) is 12.7 Å². The van der Waals surface area contributed by atoms with Gasteiger partial charge in [0.05, 0.1) is 12.8 Å². The Kier molecular flexibility index (Phi) is 5.52. The van der Waals surface area contributed by atoms with Crippen LogP contribution in [0.5, 0.6) is 0 Å². The highest BCUT2D eigenvalue weighted by Crippen LogP contribution is 1.99. The molecule has 96 valence electrons. The van der Waals surface area contributed by atoms with Crippen molar-refractivity contribution in [3.63, 3.8) is 0 Å². The van der Waals surface area contributed by atoms with E-state index < -0.39 is 0 Å². The van der Waals surface area contributed by atoms with Gasteiger partial charge in [-0.05, 0) is 18.1 Å². The van der Waals surface area contributed by atoms with Crippen LogP contribution in [0.15, 0.2) is 34.6 Å². The van der Waals surface area contributed by atoms with Gasteiger partial charge in [-0.2, -0.15) is 5.26 Å². The maximum absolute atomic E-state index is 11.6. The molecule has 0 unspecified atom stereocenters. The van der Waals surface area contributed by atoms with Crippen LogP contribution in [-0.2, 0) is 11.3 Å². The molecular formula is C13H17N3O2. The SMILES string of the molecule is CC(C)CNC(=O)/C(C#N)=C\NCc1ccco1. The van der Waals surface area contributed by atoms with Crippen LogP contribution in [0, 0.1) is 17.2 Å². The van der Waals surface area contributed by atoms with Crippen LogP contribution in [-0.4, -0.2) is 12.5 Å². The molecule has 1 amide bonds. The molecule has 2 N–H and O–H groups in total. The van der Waals surface area contributed by atoms with Crippen LogP contribution >= 0.6 is 0 Å². The number of nitrogens with one attached hydrogen (secondary N) is 2. The summed E-state index contributed by atoms with van der Waals surface area (Å²) in [6.45, 7) is 4.97. The molecule has 1 aromatic heterocycles. The van der Waals surface area contributed by atoms with Crippen molar-refractivity contribution in [3.05, 3.63) is 35.9 Å². The number of carbonyl (C=O) groups is 1. The lowest BCUT2D eigenvalue weighted by molar-refractivity contribution is -0.117. The zero-order valence-corrected chi connectivity index (χ0v) is 10.6. The summed E-state index contributed by atoms with van der Waals surface area (Å²) in [7, 11) is 0. The highest BCUT2D eigenvalue weighted by molar-refractivity contribution is 5.97. The summed E-state index contributed by atoms with van der Waals surface area (Å²) in [6, 6.07) is 5.45. The van der Waals surface area contributed by atoms with Crippen LogP contribution in [0.25, 0.3) is 0 Å². The summed E-state index contributed by atoms with van der Waals surface area (Å²) in [5.74, 6) is 0.731. The van der Waals surface area contributed by atoms with Crippen LogP contribution in [0.2, 0.25) is 0 Å². The molecule has 1 rings (SSSR count). The third-order valence-electron chi connectivity index (χ3n) is 2.14. The lowest BCUT2D eigenvalue weighted by Crippen LogP contribution is -2.29. The molecule has 18 heavy (non-hydrogen) atoms. The van der Waals surface area contributed by atoms with Crippen molar-refractivity contribution >= 4 is 5.91 Å². The van der Waals surface area contributed by atoms with E-state index in [0.29, 0.717) is 19.0 Å². The van der Waals surface area contributed by atoms with Crippen LogP contribution in [0.4, 0.5) is 0 Å². The summed E-state index contributed by atoms with van der Waals surface area (Å²) < 4.78 is 5.11.